The maximum atomic E-state index is 12.8. The number of aliphatic carboxylic acids is 1. The molecule has 0 amide bonds. The van der Waals surface area contributed by atoms with E-state index in [1.54, 1.807) is 0 Å². The second kappa shape index (κ2) is 8.27. The molecule has 0 bridgehead atoms. The van der Waals surface area contributed by atoms with Gasteiger partial charge in [0, 0.05) is 32.7 Å². The van der Waals surface area contributed by atoms with Gasteiger partial charge in [-0.3, -0.25) is 4.79 Å². The van der Waals surface area contributed by atoms with Gasteiger partial charge < -0.3 is 15.1 Å². The van der Waals surface area contributed by atoms with Crippen LogP contribution in [0.15, 0.2) is 63.7 Å². The lowest BCUT2D eigenvalue weighted by molar-refractivity contribution is -0.140. The van der Waals surface area contributed by atoms with Crippen LogP contribution in [0.25, 0.3) is 0 Å². The summed E-state index contributed by atoms with van der Waals surface area (Å²) in [6.07, 6.45) is -1.13. The molecule has 1 aliphatic heterocycles. The number of carboxylic acids is 1. The third kappa shape index (κ3) is 4.61. The van der Waals surface area contributed by atoms with Crippen LogP contribution in [0.1, 0.15) is 6.42 Å². The SMILES string of the molecule is CN(C)c1ccc(N=Nc2ccc(S(=O)(=O)N3C[C@H](O)C[C@H]3C(=O)O)cc2)cc1. The molecule has 1 fully saturated rings. The monoisotopic (exact) mass is 418 g/mol. The Labute approximate surface area is 169 Å². The zero-order valence-corrected chi connectivity index (χ0v) is 16.8. The number of β-amino-alcohol motifs (C(OH)–C–C–N with tert-alkyl or cyclic N) is 1. The zero-order chi connectivity index (χ0) is 21.2. The van der Waals surface area contributed by atoms with Crippen LogP contribution in [-0.4, -0.2) is 61.7 Å². The van der Waals surface area contributed by atoms with Gasteiger partial charge in [0.1, 0.15) is 6.04 Å². The lowest BCUT2D eigenvalue weighted by atomic mass is 10.2. The van der Waals surface area contributed by atoms with E-state index in [4.69, 9.17) is 0 Å². The largest absolute Gasteiger partial charge is 0.480 e. The van der Waals surface area contributed by atoms with Crippen molar-refractivity contribution < 1.29 is 23.4 Å². The number of carbonyl (C=O) groups is 1. The second-order valence-corrected chi connectivity index (χ2v) is 8.81. The van der Waals surface area contributed by atoms with Crippen LogP contribution in [0.3, 0.4) is 0 Å². The van der Waals surface area contributed by atoms with Crippen LogP contribution < -0.4 is 4.90 Å². The first kappa shape index (κ1) is 20.9. The average Bonchev–Trinajstić information content (AvgIpc) is 3.10. The molecule has 1 aliphatic rings. The first-order valence-corrected chi connectivity index (χ1v) is 10.3. The quantitative estimate of drug-likeness (QED) is 0.695. The summed E-state index contributed by atoms with van der Waals surface area (Å²) in [7, 11) is -0.171. The van der Waals surface area contributed by atoms with Gasteiger partial charge in [0.25, 0.3) is 0 Å². The van der Waals surface area contributed by atoms with E-state index in [1.165, 1.54) is 24.3 Å². The molecule has 154 valence electrons. The fourth-order valence-corrected chi connectivity index (χ4v) is 4.66. The van der Waals surface area contributed by atoms with Gasteiger partial charge in [0.05, 0.1) is 22.4 Å². The smallest absolute Gasteiger partial charge is 0.322 e. The number of rotatable bonds is 6. The molecule has 10 heteroatoms. The highest BCUT2D eigenvalue weighted by Gasteiger charge is 2.43. The maximum Gasteiger partial charge on any atom is 0.322 e. The van der Waals surface area contributed by atoms with Crippen molar-refractivity contribution in [2.45, 2.75) is 23.5 Å². The van der Waals surface area contributed by atoms with Crippen molar-refractivity contribution in [3.8, 4) is 0 Å². The summed E-state index contributed by atoms with van der Waals surface area (Å²) in [4.78, 5) is 13.2. The average molecular weight is 418 g/mol. The summed E-state index contributed by atoms with van der Waals surface area (Å²) in [5.41, 5.74) is 2.14. The Bertz CT molecular complexity index is 1000. The fraction of sp³-hybridized carbons (Fsp3) is 0.316. The maximum absolute atomic E-state index is 12.8. The van der Waals surface area contributed by atoms with Gasteiger partial charge in [-0.05, 0) is 48.5 Å². The molecule has 1 saturated heterocycles. The molecule has 0 radical (unpaired) electrons. The predicted octanol–water partition coefficient (Wildman–Crippen LogP) is 2.38. The van der Waals surface area contributed by atoms with Crippen molar-refractivity contribution in [1.82, 2.24) is 4.31 Å². The van der Waals surface area contributed by atoms with E-state index in [1.807, 2.05) is 43.3 Å². The van der Waals surface area contributed by atoms with Crippen molar-refractivity contribution in [3.05, 3.63) is 48.5 Å². The Morgan fingerprint density at radius 2 is 1.55 bits per heavy atom. The minimum absolute atomic E-state index is 0.0628. The molecule has 9 nitrogen and oxygen atoms in total. The molecule has 2 aromatic rings. The van der Waals surface area contributed by atoms with E-state index in [9.17, 15) is 23.4 Å². The van der Waals surface area contributed by atoms with Crippen LogP contribution in [0.5, 0.6) is 0 Å². The summed E-state index contributed by atoms with van der Waals surface area (Å²) in [6.45, 7) is -0.246. The normalized spacial score (nSPS) is 20.2. The molecule has 0 spiro atoms. The molecule has 3 rings (SSSR count). The molecule has 0 unspecified atom stereocenters. The molecule has 1 heterocycles. The minimum atomic E-state index is -4.05. The molecule has 29 heavy (non-hydrogen) atoms. The highest BCUT2D eigenvalue weighted by molar-refractivity contribution is 7.89. The number of hydrogen-bond donors (Lipinski definition) is 2. The topological polar surface area (TPSA) is 123 Å². The molecule has 0 aromatic heterocycles. The first-order valence-electron chi connectivity index (χ1n) is 8.90. The highest BCUT2D eigenvalue weighted by atomic mass is 32.2. The molecule has 0 aliphatic carbocycles. The lowest BCUT2D eigenvalue weighted by Crippen LogP contribution is -2.40. The van der Waals surface area contributed by atoms with Crippen molar-refractivity contribution in [3.63, 3.8) is 0 Å². The molecule has 0 saturated carbocycles. The van der Waals surface area contributed by atoms with Crippen molar-refractivity contribution in [2.75, 3.05) is 25.5 Å². The number of aliphatic hydroxyl groups is 1. The number of anilines is 1. The number of sulfonamides is 1. The lowest BCUT2D eigenvalue weighted by Gasteiger charge is -2.20. The van der Waals surface area contributed by atoms with Crippen LogP contribution in [-0.2, 0) is 14.8 Å². The van der Waals surface area contributed by atoms with Crippen molar-refractivity contribution in [1.29, 1.82) is 0 Å². The predicted molar refractivity (Wildman–Crippen MR) is 107 cm³/mol. The summed E-state index contributed by atoms with van der Waals surface area (Å²) in [5.74, 6) is -1.28. The summed E-state index contributed by atoms with van der Waals surface area (Å²) >= 11 is 0. The summed E-state index contributed by atoms with van der Waals surface area (Å²) < 4.78 is 26.4. The first-order chi connectivity index (χ1) is 13.7. The second-order valence-electron chi connectivity index (χ2n) is 6.92. The van der Waals surface area contributed by atoms with Gasteiger partial charge in [-0.2, -0.15) is 14.5 Å². The van der Waals surface area contributed by atoms with Gasteiger partial charge in [-0.1, -0.05) is 0 Å². The highest BCUT2D eigenvalue weighted by Crippen LogP contribution is 2.28. The number of nitrogens with zero attached hydrogens (tertiary/aromatic N) is 4. The van der Waals surface area contributed by atoms with E-state index >= 15 is 0 Å². The van der Waals surface area contributed by atoms with Crippen LogP contribution in [0.2, 0.25) is 0 Å². The van der Waals surface area contributed by atoms with Crippen LogP contribution >= 0.6 is 0 Å². The zero-order valence-electron chi connectivity index (χ0n) is 16.0. The van der Waals surface area contributed by atoms with E-state index in [2.05, 4.69) is 10.2 Å². The molecule has 2 aromatic carbocycles. The summed E-state index contributed by atoms with van der Waals surface area (Å²) in [5, 5.41) is 27.2. The molecular weight excluding hydrogens is 396 g/mol. The van der Waals surface area contributed by atoms with E-state index in [0.29, 0.717) is 11.4 Å². The Kier molecular flexibility index (Phi) is 5.96. The third-order valence-electron chi connectivity index (χ3n) is 4.61. The number of carboxylic acid groups (broad SMARTS) is 1. The standard InChI is InChI=1S/C19H22N4O5S/c1-22(2)15-7-3-13(4-8-15)20-21-14-5-9-17(10-6-14)29(27,28)23-12-16(24)11-18(23)19(25)26/h3-10,16,18,24H,11-12H2,1-2H3,(H,25,26)/t16-,18+/m1/s1. The number of hydrogen-bond acceptors (Lipinski definition) is 7. The number of aliphatic hydroxyl groups excluding tert-OH is 1. The van der Waals surface area contributed by atoms with Gasteiger partial charge in [-0.15, -0.1) is 0 Å². The minimum Gasteiger partial charge on any atom is -0.480 e. The third-order valence-corrected chi connectivity index (χ3v) is 6.50. The van der Waals surface area contributed by atoms with Gasteiger partial charge >= 0.3 is 5.97 Å². The Hall–Kier alpha value is -2.82. The number of benzene rings is 2. The Morgan fingerprint density at radius 3 is 2.03 bits per heavy atom. The van der Waals surface area contributed by atoms with Crippen LogP contribution in [0, 0.1) is 0 Å². The Morgan fingerprint density at radius 1 is 1.03 bits per heavy atom. The molecular formula is C19H22N4O5S. The van der Waals surface area contributed by atoms with Gasteiger partial charge in [0.2, 0.25) is 10.0 Å². The fourth-order valence-electron chi connectivity index (χ4n) is 3.03. The Balaban J connectivity index is 1.76. The van der Waals surface area contributed by atoms with E-state index in [-0.39, 0.29) is 17.9 Å². The van der Waals surface area contributed by atoms with E-state index < -0.39 is 28.1 Å². The summed E-state index contributed by atoms with van der Waals surface area (Å²) in [6, 6.07) is 11.9. The van der Waals surface area contributed by atoms with Gasteiger partial charge in [-0.25, -0.2) is 8.42 Å². The van der Waals surface area contributed by atoms with Crippen molar-refractivity contribution >= 4 is 33.1 Å². The van der Waals surface area contributed by atoms with Crippen LogP contribution in [0.4, 0.5) is 17.1 Å². The number of azo groups is 1. The van der Waals surface area contributed by atoms with Crippen molar-refractivity contribution in [2.24, 2.45) is 10.2 Å². The van der Waals surface area contributed by atoms with Gasteiger partial charge in [0.15, 0.2) is 0 Å². The van der Waals surface area contributed by atoms with E-state index in [0.717, 1.165) is 9.99 Å². The molecule has 2 N–H and O–H groups in total. The molecule has 2 atom stereocenters.